The highest BCUT2D eigenvalue weighted by molar-refractivity contribution is 9.10. The molecule has 1 aliphatic heterocycles. The summed E-state index contributed by atoms with van der Waals surface area (Å²) in [7, 11) is 0. The Morgan fingerprint density at radius 3 is 2.41 bits per heavy atom. The van der Waals surface area contributed by atoms with E-state index in [1.54, 1.807) is 0 Å². The number of allylic oxidation sites excluding steroid dienone is 2. The van der Waals surface area contributed by atoms with Crippen LogP contribution >= 0.6 is 27.3 Å². The molecular formula is C21H18BrN3O3S. The van der Waals surface area contributed by atoms with Gasteiger partial charge in [0.15, 0.2) is 5.13 Å². The van der Waals surface area contributed by atoms with Gasteiger partial charge in [-0.15, -0.1) is 11.3 Å². The largest absolute Gasteiger partial charge is 0.300 e. The van der Waals surface area contributed by atoms with Crippen LogP contribution < -0.4 is 5.32 Å². The molecule has 2 fully saturated rings. The Morgan fingerprint density at radius 2 is 1.79 bits per heavy atom. The summed E-state index contributed by atoms with van der Waals surface area (Å²) in [6.45, 7) is 1.69. The summed E-state index contributed by atoms with van der Waals surface area (Å²) in [6.07, 6.45) is 4.97. The van der Waals surface area contributed by atoms with Crippen molar-refractivity contribution in [2.75, 3.05) is 11.9 Å². The average molecular weight is 472 g/mol. The molecule has 2 heterocycles. The fourth-order valence-electron chi connectivity index (χ4n) is 4.75. The number of benzene rings is 1. The van der Waals surface area contributed by atoms with Gasteiger partial charge in [-0.3, -0.25) is 19.3 Å². The van der Waals surface area contributed by atoms with Crippen molar-refractivity contribution in [3.05, 3.63) is 45.8 Å². The Labute approximate surface area is 180 Å². The summed E-state index contributed by atoms with van der Waals surface area (Å²) in [6, 6.07) is 7.80. The molecule has 1 saturated carbocycles. The SMILES string of the molecule is Cc1sc(NC(=O)CN2C(=O)C3C4C=CC(C4)C3C2=O)nc1-c1ccc(Br)cc1. The van der Waals surface area contributed by atoms with E-state index in [1.165, 1.54) is 11.3 Å². The van der Waals surface area contributed by atoms with Gasteiger partial charge in [-0.1, -0.05) is 40.2 Å². The van der Waals surface area contributed by atoms with Crippen molar-refractivity contribution in [2.45, 2.75) is 13.3 Å². The number of aromatic nitrogens is 1. The van der Waals surface area contributed by atoms with Crippen molar-refractivity contribution in [3.8, 4) is 11.3 Å². The van der Waals surface area contributed by atoms with Gasteiger partial charge >= 0.3 is 0 Å². The van der Waals surface area contributed by atoms with Gasteiger partial charge in [-0.2, -0.15) is 0 Å². The number of halogens is 1. The Balaban J connectivity index is 1.28. The molecule has 0 radical (unpaired) electrons. The van der Waals surface area contributed by atoms with Crippen LogP contribution in [0.15, 0.2) is 40.9 Å². The van der Waals surface area contributed by atoms with Crippen LogP contribution in [0.25, 0.3) is 11.3 Å². The number of nitrogens with one attached hydrogen (secondary N) is 1. The molecule has 1 saturated heterocycles. The van der Waals surface area contributed by atoms with Crippen molar-refractivity contribution >= 4 is 50.1 Å². The monoisotopic (exact) mass is 471 g/mol. The maximum absolute atomic E-state index is 12.7. The first kappa shape index (κ1) is 18.7. The van der Waals surface area contributed by atoms with Gasteiger partial charge in [0.25, 0.3) is 0 Å². The van der Waals surface area contributed by atoms with Gasteiger partial charge in [0, 0.05) is 14.9 Å². The zero-order valence-corrected chi connectivity index (χ0v) is 18.0. The third-order valence-electron chi connectivity index (χ3n) is 6.02. The maximum atomic E-state index is 12.7. The van der Waals surface area contributed by atoms with Crippen LogP contribution in [0.2, 0.25) is 0 Å². The number of aryl methyl sites for hydroxylation is 1. The molecule has 29 heavy (non-hydrogen) atoms. The van der Waals surface area contributed by atoms with E-state index in [-0.39, 0.29) is 42.0 Å². The quantitative estimate of drug-likeness (QED) is 0.545. The molecule has 4 atom stereocenters. The normalized spacial score (nSPS) is 27.0. The van der Waals surface area contributed by atoms with Crippen molar-refractivity contribution in [3.63, 3.8) is 0 Å². The highest BCUT2D eigenvalue weighted by Gasteiger charge is 2.59. The summed E-state index contributed by atoms with van der Waals surface area (Å²) < 4.78 is 0.982. The number of amides is 3. The lowest BCUT2D eigenvalue weighted by molar-refractivity contribution is -0.143. The van der Waals surface area contributed by atoms with E-state index >= 15 is 0 Å². The second-order valence-electron chi connectivity index (χ2n) is 7.74. The highest BCUT2D eigenvalue weighted by Crippen LogP contribution is 2.52. The lowest BCUT2D eigenvalue weighted by Gasteiger charge is -2.16. The number of imide groups is 1. The van der Waals surface area contributed by atoms with Crippen LogP contribution in [0, 0.1) is 30.6 Å². The molecule has 1 aromatic carbocycles. The molecule has 4 unspecified atom stereocenters. The standard InChI is InChI=1S/C21H18BrN3O3S/c1-10-18(11-4-6-14(22)7-5-11)24-21(29-10)23-15(26)9-25-19(27)16-12-2-3-13(8-12)17(16)20(25)28/h2-7,12-13,16-17H,8-9H2,1H3,(H,23,24,26). The van der Waals surface area contributed by atoms with Crippen molar-refractivity contribution in [1.82, 2.24) is 9.88 Å². The highest BCUT2D eigenvalue weighted by atomic mass is 79.9. The Kier molecular flexibility index (Phi) is 4.43. The van der Waals surface area contributed by atoms with Gasteiger partial charge in [0.05, 0.1) is 17.5 Å². The molecule has 2 aliphatic carbocycles. The Hall–Kier alpha value is -2.32. The number of carbonyl (C=O) groups excluding carboxylic acids is 3. The minimum Gasteiger partial charge on any atom is -0.300 e. The number of anilines is 1. The van der Waals surface area contributed by atoms with E-state index in [0.717, 1.165) is 31.9 Å². The van der Waals surface area contributed by atoms with Crippen LogP contribution in [-0.2, 0) is 14.4 Å². The Bertz CT molecular complexity index is 1030. The summed E-state index contributed by atoms with van der Waals surface area (Å²) in [4.78, 5) is 44.6. The van der Waals surface area contributed by atoms with Crippen LogP contribution in [0.1, 0.15) is 11.3 Å². The summed E-state index contributed by atoms with van der Waals surface area (Å²) in [5, 5.41) is 3.22. The fraction of sp³-hybridized carbons (Fsp3) is 0.333. The fourth-order valence-corrected chi connectivity index (χ4v) is 5.86. The first-order valence-corrected chi connectivity index (χ1v) is 11.1. The number of likely N-dealkylation sites (tertiary alicyclic amines) is 1. The molecule has 0 spiro atoms. The molecule has 2 aromatic rings. The van der Waals surface area contributed by atoms with Gasteiger partial charge < -0.3 is 5.32 Å². The zero-order valence-electron chi connectivity index (χ0n) is 15.6. The number of hydrogen-bond donors (Lipinski definition) is 1. The number of hydrogen-bond acceptors (Lipinski definition) is 5. The van der Waals surface area contributed by atoms with Gasteiger partial charge in [0.1, 0.15) is 6.54 Å². The van der Waals surface area contributed by atoms with Crippen molar-refractivity contribution < 1.29 is 14.4 Å². The number of nitrogens with zero attached hydrogens (tertiary/aromatic N) is 2. The molecule has 3 aliphatic rings. The molecule has 3 amide bonds. The molecule has 1 aromatic heterocycles. The first-order chi connectivity index (χ1) is 13.9. The summed E-state index contributed by atoms with van der Waals surface area (Å²) >= 11 is 4.79. The van der Waals surface area contributed by atoms with E-state index < -0.39 is 5.91 Å². The lowest BCUT2D eigenvalue weighted by Crippen LogP contribution is -2.39. The molecule has 148 valence electrons. The van der Waals surface area contributed by atoms with E-state index in [9.17, 15) is 14.4 Å². The molecule has 8 heteroatoms. The van der Waals surface area contributed by atoms with Gasteiger partial charge in [-0.05, 0) is 37.3 Å². The molecule has 6 nitrogen and oxygen atoms in total. The molecule has 5 rings (SSSR count). The third-order valence-corrected chi connectivity index (χ3v) is 7.44. The Morgan fingerprint density at radius 1 is 1.17 bits per heavy atom. The van der Waals surface area contributed by atoms with E-state index in [2.05, 4.69) is 26.2 Å². The zero-order chi connectivity index (χ0) is 20.3. The lowest BCUT2D eigenvalue weighted by atomic mass is 9.85. The van der Waals surface area contributed by atoms with Gasteiger partial charge in [-0.25, -0.2) is 4.98 Å². The summed E-state index contributed by atoms with van der Waals surface area (Å²) in [5.74, 6) is -1.10. The van der Waals surface area contributed by atoms with E-state index in [1.807, 2.05) is 43.3 Å². The number of rotatable bonds is 4. The second kappa shape index (κ2) is 6.88. The van der Waals surface area contributed by atoms with E-state index in [4.69, 9.17) is 0 Å². The second-order valence-corrected chi connectivity index (χ2v) is 9.86. The molecular weight excluding hydrogens is 454 g/mol. The van der Waals surface area contributed by atoms with Crippen molar-refractivity contribution in [1.29, 1.82) is 0 Å². The first-order valence-electron chi connectivity index (χ1n) is 9.49. The number of thiazole rings is 1. The van der Waals surface area contributed by atoms with Crippen LogP contribution in [0.4, 0.5) is 5.13 Å². The topological polar surface area (TPSA) is 79.4 Å². The van der Waals surface area contributed by atoms with Crippen LogP contribution in [0.5, 0.6) is 0 Å². The van der Waals surface area contributed by atoms with Crippen LogP contribution in [-0.4, -0.2) is 34.2 Å². The predicted molar refractivity (Wildman–Crippen MR) is 113 cm³/mol. The minimum atomic E-state index is -0.400. The average Bonchev–Trinajstić information content (AvgIpc) is 3.43. The molecule has 2 bridgehead atoms. The number of fused-ring (bicyclic) bond motifs is 5. The van der Waals surface area contributed by atoms with Crippen molar-refractivity contribution in [2.24, 2.45) is 23.7 Å². The smallest absolute Gasteiger partial charge is 0.246 e. The summed E-state index contributed by atoms with van der Waals surface area (Å²) in [5.41, 5.74) is 1.77. The minimum absolute atomic E-state index is 0.143. The van der Waals surface area contributed by atoms with E-state index in [0.29, 0.717) is 5.13 Å². The van der Waals surface area contributed by atoms with Gasteiger partial charge in [0.2, 0.25) is 17.7 Å². The maximum Gasteiger partial charge on any atom is 0.246 e. The third kappa shape index (κ3) is 3.05. The predicted octanol–water partition coefficient (Wildman–Crippen LogP) is 3.63. The number of carbonyl (C=O) groups is 3. The molecule has 1 N–H and O–H groups in total. The van der Waals surface area contributed by atoms with Crippen LogP contribution in [0.3, 0.4) is 0 Å².